The van der Waals surface area contributed by atoms with Gasteiger partial charge in [0, 0.05) is 13.6 Å². The van der Waals surface area contributed by atoms with Gasteiger partial charge in [0.25, 0.3) is 5.91 Å². The van der Waals surface area contributed by atoms with Crippen molar-refractivity contribution >= 4 is 23.3 Å². The number of aromatic nitrogens is 2. The molecule has 2 rings (SSSR count). The molecule has 20 heavy (non-hydrogen) atoms. The van der Waals surface area contributed by atoms with Crippen LogP contribution in [0.3, 0.4) is 0 Å². The Balaban J connectivity index is 2.02. The molecule has 2 aromatic rings. The number of hydrogen-bond donors (Lipinski definition) is 2. The summed E-state index contributed by atoms with van der Waals surface area (Å²) in [5.74, 6) is -0.355. The first-order valence-corrected chi connectivity index (χ1v) is 6.20. The molecule has 0 radical (unpaired) electrons. The number of halogens is 2. The Morgan fingerprint density at radius 3 is 2.90 bits per heavy atom. The number of amides is 1. The minimum atomic E-state index is -0.491. The Labute approximate surface area is 120 Å². The molecule has 7 heteroatoms. The highest BCUT2D eigenvalue weighted by atomic mass is 35.5. The summed E-state index contributed by atoms with van der Waals surface area (Å²) in [4.78, 5) is 19.9. The van der Waals surface area contributed by atoms with Crippen LogP contribution in [-0.2, 0) is 6.54 Å². The number of anilines is 1. The van der Waals surface area contributed by atoms with E-state index in [0.29, 0.717) is 11.4 Å². The van der Waals surface area contributed by atoms with Gasteiger partial charge in [0.05, 0.1) is 17.4 Å². The van der Waals surface area contributed by atoms with Crippen LogP contribution >= 0.6 is 11.6 Å². The van der Waals surface area contributed by atoms with Crippen molar-refractivity contribution in [1.29, 1.82) is 0 Å². The van der Waals surface area contributed by atoms with Crippen LogP contribution in [0.15, 0.2) is 30.6 Å². The molecule has 5 nitrogen and oxygen atoms in total. The average Bonchev–Trinajstić information content (AvgIpc) is 2.48. The molecule has 1 aromatic heterocycles. The van der Waals surface area contributed by atoms with Crippen molar-refractivity contribution in [2.45, 2.75) is 6.54 Å². The van der Waals surface area contributed by atoms with E-state index in [1.807, 2.05) is 0 Å². The summed E-state index contributed by atoms with van der Waals surface area (Å²) in [6.07, 6.45) is 2.88. The summed E-state index contributed by atoms with van der Waals surface area (Å²) < 4.78 is 13.0. The lowest BCUT2D eigenvalue weighted by atomic mass is 10.2. The fourth-order valence-electron chi connectivity index (χ4n) is 1.52. The number of nitrogens with one attached hydrogen (secondary N) is 2. The molecule has 0 bridgehead atoms. The van der Waals surface area contributed by atoms with E-state index in [1.165, 1.54) is 24.5 Å². The normalized spacial score (nSPS) is 10.2. The molecule has 0 saturated heterocycles. The highest BCUT2D eigenvalue weighted by molar-refractivity contribution is 6.30. The van der Waals surface area contributed by atoms with Gasteiger partial charge in [-0.3, -0.25) is 9.78 Å². The van der Waals surface area contributed by atoms with E-state index >= 15 is 0 Å². The molecular formula is C13H12ClFN4O. The second-order valence-electron chi connectivity index (χ2n) is 3.97. The lowest BCUT2D eigenvalue weighted by molar-refractivity contribution is 0.0945. The molecule has 1 heterocycles. The fraction of sp³-hybridized carbons (Fsp3) is 0.154. The van der Waals surface area contributed by atoms with E-state index in [1.54, 1.807) is 13.1 Å². The zero-order chi connectivity index (χ0) is 14.5. The van der Waals surface area contributed by atoms with Gasteiger partial charge in [-0.15, -0.1) is 0 Å². The summed E-state index contributed by atoms with van der Waals surface area (Å²) in [7, 11) is 1.69. The Kier molecular flexibility index (Phi) is 4.47. The molecule has 0 atom stereocenters. The average molecular weight is 295 g/mol. The number of carbonyl (C=O) groups is 1. The van der Waals surface area contributed by atoms with Crippen LogP contribution in [0.1, 0.15) is 16.1 Å². The molecule has 0 unspecified atom stereocenters. The van der Waals surface area contributed by atoms with E-state index in [-0.39, 0.29) is 23.2 Å². The molecule has 0 spiro atoms. The second-order valence-corrected chi connectivity index (χ2v) is 4.38. The van der Waals surface area contributed by atoms with Gasteiger partial charge in [-0.2, -0.15) is 0 Å². The molecule has 1 amide bonds. The van der Waals surface area contributed by atoms with Gasteiger partial charge in [-0.05, 0) is 17.7 Å². The molecular weight excluding hydrogens is 283 g/mol. The first-order chi connectivity index (χ1) is 9.60. The summed E-state index contributed by atoms with van der Waals surface area (Å²) in [5, 5.41) is 5.48. The summed E-state index contributed by atoms with van der Waals surface area (Å²) in [5.41, 5.74) is 0.896. The lowest BCUT2D eigenvalue weighted by Crippen LogP contribution is -2.24. The zero-order valence-corrected chi connectivity index (χ0v) is 11.4. The van der Waals surface area contributed by atoms with Crippen LogP contribution in [0.5, 0.6) is 0 Å². The molecule has 0 aliphatic carbocycles. The van der Waals surface area contributed by atoms with Gasteiger partial charge in [-0.25, -0.2) is 9.37 Å². The van der Waals surface area contributed by atoms with Crippen LogP contribution in [0, 0.1) is 5.82 Å². The predicted octanol–water partition coefficient (Wildman–Crippen LogP) is 2.24. The topological polar surface area (TPSA) is 66.9 Å². The Bertz CT molecular complexity index is 636. The van der Waals surface area contributed by atoms with Crippen LogP contribution < -0.4 is 10.6 Å². The summed E-state index contributed by atoms with van der Waals surface area (Å²) in [6.45, 7) is 0.226. The molecule has 0 aliphatic rings. The highest BCUT2D eigenvalue weighted by Gasteiger charge is 2.09. The Morgan fingerprint density at radius 2 is 2.20 bits per heavy atom. The van der Waals surface area contributed by atoms with Gasteiger partial charge < -0.3 is 10.6 Å². The summed E-state index contributed by atoms with van der Waals surface area (Å²) >= 11 is 5.67. The maximum Gasteiger partial charge on any atom is 0.271 e. The van der Waals surface area contributed by atoms with E-state index in [4.69, 9.17) is 11.6 Å². The highest BCUT2D eigenvalue weighted by Crippen LogP contribution is 2.15. The zero-order valence-electron chi connectivity index (χ0n) is 10.7. The molecule has 1 aromatic carbocycles. The van der Waals surface area contributed by atoms with Crippen LogP contribution in [0.2, 0.25) is 5.02 Å². The summed E-state index contributed by atoms with van der Waals surface area (Å²) in [6, 6.07) is 4.27. The van der Waals surface area contributed by atoms with Crippen molar-refractivity contribution in [1.82, 2.24) is 15.3 Å². The first kappa shape index (κ1) is 14.2. The molecule has 104 valence electrons. The van der Waals surface area contributed by atoms with Crippen molar-refractivity contribution in [3.8, 4) is 0 Å². The quantitative estimate of drug-likeness (QED) is 0.907. The van der Waals surface area contributed by atoms with Gasteiger partial charge >= 0.3 is 0 Å². The predicted molar refractivity (Wildman–Crippen MR) is 74.2 cm³/mol. The smallest absolute Gasteiger partial charge is 0.271 e. The monoisotopic (exact) mass is 294 g/mol. The number of benzene rings is 1. The van der Waals surface area contributed by atoms with Crippen molar-refractivity contribution in [3.63, 3.8) is 0 Å². The molecule has 0 fully saturated rings. The lowest BCUT2D eigenvalue weighted by Gasteiger charge is -2.06. The third kappa shape index (κ3) is 3.42. The van der Waals surface area contributed by atoms with E-state index in [9.17, 15) is 9.18 Å². The van der Waals surface area contributed by atoms with E-state index < -0.39 is 5.82 Å². The third-order valence-corrected chi connectivity index (χ3v) is 2.85. The maximum atomic E-state index is 13.0. The van der Waals surface area contributed by atoms with Crippen molar-refractivity contribution in [3.05, 3.63) is 52.7 Å². The second kappa shape index (κ2) is 6.29. The largest absolute Gasteiger partial charge is 0.372 e. The Hall–Kier alpha value is -2.21. The van der Waals surface area contributed by atoms with Gasteiger partial charge in [0.15, 0.2) is 0 Å². The van der Waals surface area contributed by atoms with Gasteiger partial charge in [-0.1, -0.05) is 17.7 Å². The standard InChI is InChI=1S/C13H12ClFN4O/c1-16-12-7-17-6-11(19-12)13(20)18-5-8-2-3-10(15)9(14)4-8/h2-4,6-7H,5H2,1H3,(H,16,19)(H,18,20). The van der Waals surface area contributed by atoms with Crippen LogP contribution in [0.25, 0.3) is 0 Å². The maximum absolute atomic E-state index is 13.0. The number of carbonyl (C=O) groups excluding carboxylic acids is 1. The van der Waals surface area contributed by atoms with Gasteiger partial charge in [0.2, 0.25) is 0 Å². The minimum Gasteiger partial charge on any atom is -0.372 e. The fourth-order valence-corrected chi connectivity index (χ4v) is 1.72. The van der Waals surface area contributed by atoms with Crippen molar-refractivity contribution < 1.29 is 9.18 Å². The molecule has 0 aliphatic heterocycles. The number of rotatable bonds is 4. The minimum absolute atomic E-state index is 0.0220. The molecule has 0 saturated carbocycles. The van der Waals surface area contributed by atoms with Crippen LogP contribution in [-0.4, -0.2) is 22.9 Å². The molecule has 2 N–H and O–H groups in total. The van der Waals surface area contributed by atoms with Crippen LogP contribution in [0.4, 0.5) is 10.2 Å². The van der Waals surface area contributed by atoms with E-state index in [2.05, 4.69) is 20.6 Å². The SMILES string of the molecule is CNc1cncc(C(=O)NCc2ccc(F)c(Cl)c2)n1. The first-order valence-electron chi connectivity index (χ1n) is 5.82. The number of hydrogen-bond acceptors (Lipinski definition) is 4. The van der Waals surface area contributed by atoms with E-state index in [0.717, 1.165) is 0 Å². The Morgan fingerprint density at radius 1 is 1.40 bits per heavy atom. The van der Waals surface area contributed by atoms with Gasteiger partial charge in [0.1, 0.15) is 17.3 Å². The number of nitrogens with zero attached hydrogens (tertiary/aromatic N) is 2. The third-order valence-electron chi connectivity index (χ3n) is 2.56. The van der Waals surface area contributed by atoms with Crippen molar-refractivity contribution in [2.24, 2.45) is 0 Å². The van der Waals surface area contributed by atoms with Crippen molar-refractivity contribution in [2.75, 3.05) is 12.4 Å².